The average Bonchev–Trinajstić information content (AvgIpc) is 2.82. The smallest absolute Gasteiger partial charge is 0.228 e. The second-order valence-electron chi connectivity index (χ2n) is 3.90. The Morgan fingerprint density at radius 1 is 1.81 bits per heavy atom. The monoisotopic (exact) mass is 220 g/mol. The number of carbonyl (C=O) groups is 1. The lowest BCUT2D eigenvalue weighted by molar-refractivity contribution is -0.117. The molecule has 1 aromatic rings. The van der Waals surface area contributed by atoms with Crippen LogP contribution in [0, 0.1) is 12.8 Å². The number of amides is 1. The van der Waals surface area contributed by atoms with Gasteiger partial charge in [-0.2, -0.15) is 5.10 Å². The molecule has 7 nitrogen and oxygen atoms in total. The van der Waals surface area contributed by atoms with E-state index in [1.807, 2.05) is 13.0 Å². The zero-order valence-corrected chi connectivity index (χ0v) is 8.92. The molecule has 1 unspecified atom stereocenters. The van der Waals surface area contributed by atoms with Gasteiger partial charge in [-0.25, -0.2) is 0 Å². The van der Waals surface area contributed by atoms with E-state index in [0.717, 1.165) is 5.69 Å². The predicted octanol–water partition coefficient (Wildman–Crippen LogP) is 1.38. The minimum absolute atomic E-state index is 0.0321. The Balaban J connectivity index is 2.07. The average molecular weight is 220 g/mol. The number of H-pyrrole nitrogens is 1. The molecular weight excluding hydrogens is 208 g/mol. The molecule has 0 aliphatic carbocycles. The van der Waals surface area contributed by atoms with Crippen molar-refractivity contribution < 1.29 is 4.79 Å². The molecule has 2 heterocycles. The zero-order chi connectivity index (χ0) is 11.5. The van der Waals surface area contributed by atoms with E-state index in [4.69, 9.17) is 5.53 Å². The molecule has 1 fully saturated rings. The highest BCUT2D eigenvalue weighted by molar-refractivity contribution is 5.94. The number of aromatic amines is 1. The van der Waals surface area contributed by atoms with E-state index in [9.17, 15) is 4.79 Å². The maximum atomic E-state index is 11.7. The van der Waals surface area contributed by atoms with Crippen LogP contribution in [0.5, 0.6) is 0 Å². The van der Waals surface area contributed by atoms with Gasteiger partial charge >= 0.3 is 0 Å². The van der Waals surface area contributed by atoms with Gasteiger partial charge in [-0.15, -0.1) is 0 Å². The van der Waals surface area contributed by atoms with Crippen LogP contribution in [0.15, 0.2) is 11.2 Å². The van der Waals surface area contributed by atoms with Crippen LogP contribution < -0.4 is 4.90 Å². The van der Waals surface area contributed by atoms with E-state index in [0.29, 0.717) is 25.3 Å². The molecule has 0 saturated carbocycles. The summed E-state index contributed by atoms with van der Waals surface area (Å²) in [7, 11) is 0. The van der Waals surface area contributed by atoms with Crippen molar-refractivity contribution in [1.29, 1.82) is 0 Å². The summed E-state index contributed by atoms with van der Waals surface area (Å²) in [5.74, 6) is 0.774. The highest BCUT2D eigenvalue weighted by Crippen LogP contribution is 2.23. The molecule has 1 aromatic heterocycles. The summed E-state index contributed by atoms with van der Waals surface area (Å²) < 4.78 is 0. The number of aromatic nitrogens is 2. The van der Waals surface area contributed by atoms with Gasteiger partial charge in [0.25, 0.3) is 0 Å². The lowest BCUT2D eigenvalue weighted by Crippen LogP contribution is -2.25. The summed E-state index contributed by atoms with van der Waals surface area (Å²) in [6.45, 7) is 2.82. The van der Waals surface area contributed by atoms with Crippen molar-refractivity contribution >= 4 is 11.7 Å². The Labute approximate surface area is 92.1 Å². The summed E-state index contributed by atoms with van der Waals surface area (Å²) in [4.78, 5) is 16.0. The Morgan fingerprint density at radius 3 is 3.25 bits per heavy atom. The molecule has 0 spiro atoms. The van der Waals surface area contributed by atoms with Gasteiger partial charge in [0.1, 0.15) is 0 Å². The fraction of sp³-hybridized carbons (Fsp3) is 0.556. The van der Waals surface area contributed by atoms with Crippen molar-refractivity contribution in [3.63, 3.8) is 0 Å². The number of nitrogens with one attached hydrogen (secondary N) is 1. The predicted molar refractivity (Wildman–Crippen MR) is 57.8 cm³/mol. The van der Waals surface area contributed by atoms with Crippen LogP contribution in [0.2, 0.25) is 0 Å². The summed E-state index contributed by atoms with van der Waals surface area (Å²) in [5, 5.41) is 10.3. The molecule has 7 heteroatoms. The Bertz CT molecular complexity index is 447. The standard InChI is InChI=1S/C9H12N6O/c1-6-2-8(13-12-6)15-5-7(3-9(15)16)4-11-14-10/h2,7H,3-5H2,1H3,(H,12,13). The number of anilines is 1. The third-order valence-corrected chi connectivity index (χ3v) is 2.58. The number of rotatable bonds is 3. The van der Waals surface area contributed by atoms with Crippen molar-refractivity contribution in [2.24, 2.45) is 11.0 Å². The van der Waals surface area contributed by atoms with Crippen LogP contribution in [-0.2, 0) is 4.79 Å². The molecule has 84 valence electrons. The summed E-state index contributed by atoms with van der Waals surface area (Å²) in [6, 6.07) is 1.83. The van der Waals surface area contributed by atoms with Crippen LogP contribution in [0.1, 0.15) is 12.1 Å². The van der Waals surface area contributed by atoms with Gasteiger partial charge < -0.3 is 0 Å². The van der Waals surface area contributed by atoms with E-state index in [-0.39, 0.29) is 11.8 Å². The van der Waals surface area contributed by atoms with E-state index in [1.54, 1.807) is 4.90 Å². The van der Waals surface area contributed by atoms with Crippen molar-refractivity contribution in [1.82, 2.24) is 10.2 Å². The van der Waals surface area contributed by atoms with Gasteiger partial charge in [0.15, 0.2) is 5.82 Å². The summed E-state index contributed by atoms with van der Waals surface area (Å²) in [6.07, 6.45) is 0.422. The molecule has 0 aromatic carbocycles. The van der Waals surface area contributed by atoms with Crippen LogP contribution in [0.3, 0.4) is 0 Å². The molecule has 1 saturated heterocycles. The van der Waals surface area contributed by atoms with Gasteiger partial charge in [-0.3, -0.25) is 14.8 Å². The van der Waals surface area contributed by atoms with Gasteiger partial charge in [0.2, 0.25) is 5.91 Å². The fourth-order valence-electron chi connectivity index (χ4n) is 1.82. The number of hydrogen-bond donors (Lipinski definition) is 1. The van der Waals surface area contributed by atoms with Crippen LogP contribution >= 0.6 is 0 Å². The molecule has 1 amide bonds. The molecular formula is C9H12N6O. The maximum absolute atomic E-state index is 11.7. The first kappa shape index (κ1) is 10.5. The van der Waals surface area contributed by atoms with Gasteiger partial charge in [-0.05, 0) is 18.4 Å². The SMILES string of the molecule is Cc1cc(N2CC(CN=[N+]=[N-])CC2=O)n[nH]1. The van der Waals surface area contributed by atoms with Gasteiger partial charge in [0.05, 0.1) is 0 Å². The minimum Gasteiger partial charge on any atom is -0.295 e. The Kier molecular flexibility index (Phi) is 2.78. The number of azide groups is 1. The minimum atomic E-state index is 0.0321. The first-order chi connectivity index (χ1) is 7.70. The van der Waals surface area contributed by atoms with Crippen LogP contribution in [0.4, 0.5) is 5.82 Å². The molecule has 0 radical (unpaired) electrons. The number of carbonyl (C=O) groups excluding carboxylic acids is 1. The first-order valence-corrected chi connectivity index (χ1v) is 5.04. The second-order valence-corrected chi connectivity index (χ2v) is 3.90. The normalized spacial score (nSPS) is 19.9. The van der Waals surface area contributed by atoms with Crippen LogP contribution in [-0.4, -0.2) is 29.2 Å². The molecule has 1 aliphatic heterocycles. The van der Waals surface area contributed by atoms with Crippen molar-refractivity contribution in [2.45, 2.75) is 13.3 Å². The van der Waals surface area contributed by atoms with E-state index < -0.39 is 0 Å². The Hall–Kier alpha value is -2.01. The maximum Gasteiger partial charge on any atom is 0.228 e. The molecule has 0 bridgehead atoms. The molecule has 2 rings (SSSR count). The number of hydrogen-bond acceptors (Lipinski definition) is 3. The summed E-state index contributed by atoms with van der Waals surface area (Å²) in [5.41, 5.74) is 9.14. The Morgan fingerprint density at radius 2 is 2.62 bits per heavy atom. The lowest BCUT2D eigenvalue weighted by Gasteiger charge is -2.11. The quantitative estimate of drug-likeness (QED) is 0.473. The summed E-state index contributed by atoms with van der Waals surface area (Å²) >= 11 is 0. The third kappa shape index (κ3) is 1.99. The fourth-order valence-corrected chi connectivity index (χ4v) is 1.82. The van der Waals surface area contributed by atoms with Gasteiger partial charge in [0, 0.05) is 36.2 Å². The van der Waals surface area contributed by atoms with Crippen LogP contribution in [0.25, 0.3) is 10.4 Å². The highest BCUT2D eigenvalue weighted by atomic mass is 16.2. The van der Waals surface area contributed by atoms with Crippen molar-refractivity contribution in [3.05, 3.63) is 22.2 Å². The lowest BCUT2D eigenvalue weighted by atomic mass is 10.1. The second kappa shape index (κ2) is 4.24. The molecule has 1 atom stereocenters. The van der Waals surface area contributed by atoms with Crippen molar-refractivity contribution in [3.8, 4) is 0 Å². The molecule has 1 aliphatic rings. The molecule has 1 N–H and O–H groups in total. The third-order valence-electron chi connectivity index (χ3n) is 2.58. The number of nitrogens with zero attached hydrogens (tertiary/aromatic N) is 5. The highest BCUT2D eigenvalue weighted by Gasteiger charge is 2.31. The van der Waals surface area contributed by atoms with E-state index in [1.165, 1.54) is 0 Å². The number of aryl methyl sites for hydroxylation is 1. The van der Waals surface area contributed by atoms with Crippen molar-refractivity contribution in [2.75, 3.05) is 18.0 Å². The van der Waals surface area contributed by atoms with E-state index in [2.05, 4.69) is 20.2 Å². The van der Waals surface area contributed by atoms with E-state index >= 15 is 0 Å². The zero-order valence-electron chi connectivity index (χ0n) is 8.92. The first-order valence-electron chi connectivity index (χ1n) is 5.04. The largest absolute Gasteiger partial charge is 0.295 e. The van der Waals surface area contributed by atoms with Gasteiger partial charge in [-0.1, -0.05) is 5.11 Å². The molecule has 16 heavy (non-hydrogen) atoms. The topological polar surface area (TPSA) is 97.8 Å².